The Bertz CT molecular complexity index is 817. The molecule has 2 N–H and O–H groups in total. The molecule has 0 fully saturated rings. The average molecular weight is 383 g/mol. The fraction of sp³-hybridized carbons (Fsp3) is 0.391. The molecule has 5 heteroatoms. The van der Waals surface area contributed by atoms with Crippen molar-refractivity contribution in [2.75, 3.05) is 11.9 Å². The molecule has 0 radical (unpaired) electrons. The molecule has 0 saturated carbocycles. The number of rotatable bonds is 9. The topological polar surface area (TPSA) is 67.4 Å². The van der Waals surface area contributed by atoms with Gasteiger partial charge >= 0.3 is 0 Å². The number of unbranched alkanes of at least 4 members (excludes halogenated alkanes) is 1. The van der Waals surface area contributed by atoms with Gasteiger partial charge < -0.3 is 15.4 Å². The van der Waals surface area contributed by atoms with E-state index < -0.39 is 6.10 Å². The number of aryl methyl sites for hydroxylation is 2. The summed E-state index contributed by atoms with van der Waals surface area (Å²) in [5, 5.41) is 5.75. The van der Waals surface area contributed by atoms with Crippen molar-refractivity contribution in [3.63, 3.8) is 0 Å². The van der Waals surface area contributed by atoms with Crippen LogP contribution in [0.4, 0.5) is 5.69 Å². The molecule has 2 rings (SSSR count). The summed E-state index contributed by atoms with van der Waals surface area (Å²) in [6, 6.07) is 12.9. The Morgan fingerprint density at radius 3 is 2.50 bits per heavy atom. The minimum atomic E-state index is -0.641. The van der Waals surface area contributed by atoms with Crippen LogP contribution in [0.15, 0.2) is 42.5 Å². The smallest absolute Gasteiger partial charge is 0.265 e. The third kappa shape index (κ3) is 5.84. The molecule has 2 aromatic rings. The van der Waals surface area contributed by atoms with Crippen LogP contribution in [0.5, 0.6) is 5.75 Å². The van der Waals surface area contributed by atoms with Crippen molar-refractivity contribution in [2.45, 2.75) is 53.1 Å². The van der Waals surface area contributed by atoms with Gasteiger partial charge in [0.1, 0.15) is 5.75 Å². The Morgan fingerprint density at radius 2 is 1.82 bits per heavy atom. The van der Waals surface area contributed by atoms with Crippen molar-refractivity contribution in [2.24, 2.45) is 0 Å². The van der Waals surface area contributed by atoms with E-state index in [0.717, 1.165) is 24.0 Å². The first-order chi connectivity index (χ1) is 13.5. The lowest BCUT2D eigenvalue weighted by atomic mass is 10.1. The number of para-hydroxylation sites is 1. The molecule has 1 atom stereocenters. The number of hydrogen-bond acceptors (Lipinski definition) is 3. The number of anilines is 1. The van der Waals surface area contributed by atoms with Crippen LogP contribution in [-0.2, 0) is 4.79 Å². The van der Waals surface area contributed by atoms with Gasteiger partial charge in [0, 0.05) is 6.54 Å². The maximum Gasteiger partial charge on any atom is 0.265 e. The number of nitrogens with one attached hydrogen (secondary N) is 2. The quantitative estimate of drug-likeness (QED) is 0.621. The Morgan fingerprint density at radius 1 is 1.07 bits per heavy atom. The van der Waals surface area contributed by atoms with Crippen molar-refractivity contribution in [3.05, 3.63) is 59.2 Å². The highest BCUT2D eigenvalue weighted by Crippen LogP contribution is 2.22. The molecule has 0 aliphatic rings. The van der Waals surface area contributed by atoms with Gasteiger partial charge in [0.15, 0.2) is 6.10 Å². The third-order valence-corrected chi connectivity index (χ3v) is 4.51. The highest BCUT2D eigenvalue weighted by atomic mass is 16.5. The van der Waals surface area contributed by atoms with E-state index in [1.807, 2.05) is 39.0 Å². The van der Waals surface area contributed by atoms with Gasteiger partial charge in [-0.2, -0.15) is 0 Å². The molecule has 2 aromatic carbocycles. The van der Waals surface area contributed by atoms with E-state index in [-0.39, 0.29) is 11.8 Å². The van der Waals surface area contributed by atoms with Gasteiger partial charge in [-0.1, -0.05) is 50.1 Å². The highest BCUT2D eigenvalue weighted by molar-refractivity contribution is 6.04. The number of carbonyl (C=O) groups excluding carboxylic acids is 2. The monoisotopic (exact) mass is 382 g/mol. The summed E-state index contributed by atoms with van der Waals surface area (Å²) >= 11 is 0. The predicted octanol–water partition coefficient (Wildman–Crippen LogP) is 4.63. The number of hydrogen-bond donors (Lipinski definition) is 2. The minimum Gasteiger partial charge on any atom is -0.480 e. The summed E-state index contributed by atoms with van der Waals surface area (Å²) in [5.74, 6) is 0.238. The summed E-state index contributed by atoms with van der Waals surface area (Å²) in [4.78, 5) is 25.2. The van der Waals surface area contributed by atoms with E-state index in [1.54, 1.807) is 24.3 Å². The summed E-state index contributed by atoms with van der Waals surface area (Å²) in [6.07, 6.45) is 1.80. The van der Waals surface area contributed by atoms with E-state index in [2.05, 4.69) is 17.6 Å². The zero-order valence-corrected chi connectivity index (χ0v) is 17.2. The molecule has 0 bridgehead atoms. The Hall–Kier alpha value is -2.82. The molecule has 28 heavy (non-hydrogen) atoms. The molecule has 0 aliphatic heterocycles. The van der Waals surface area contributed by atoms with Crippen LogP contribution in [-0.4, -0.2) is 24.5 Å². The molecule has 0 heterocycles. The highest BCUT2D eigenvalue weighted by Gasteiger charge is 2.21. The van der Waals surface area contributed by atoms with E-state index in [1.165, 1.54) is 0 Å². The standard InChI is InChI=1S/C23H30N2O3/c1-5-7-14-24-22(26)18-10-8-9-11-19(18)25-23(27)20(6-2)28-21-13-12-16(3)15-17(21)4/h8-13,15,20H,5-7,14H2,1-4H3,(H,24,26)(H,25,27)/t20-/m1/s1. The van der Waals surface area contributed by atoms with Gasteiger partial charge in [0.05, 0.1) is 11.3 Å². The Kier molecular flexibility index (Phi) is 8.05. The molecule has 0 aliphatic carbocycles. The van der Waals surface area contributed by atoms with Crippen molar-refractivity contribution >= 4 is 17.5 Å². The lowest BCUT2D eigenvalue weighted by Gasteiger charge is -2.20. The second-order valence-corrected chi connectivity index (χ2v) is 6.93. The number of amides is 2. The summed E-state index contributed by atoms with van der Waals surface area (Å²) < 4.78 is 5.95. The zero-order valence-electron chi connectivity index (χ0n) is 17.2. The summed E-state index contributed by atoms with van der Waals surface area (Å²) in [5.41, 5.74) is 3.07. The van der Waals surface area contributed by atoms with E-state index in [0.29, 0.717) is 30.0 Å². The first-order valence-electron chi connectivity index (χ1n) is 9.88. The fourth-order valence-corrected chi connectivity index (χ4v) is 2.88. The second-order valence-electron chi connectivity index (χ2n) is 6.93. The lowest BCUT2D eigenvalue weighted by Crippen LogP contribution is -2.33. The van der Waals surface area contributed by atoms with Gasteiger partial charge in [-0.05, 0) is 50.5 Å². The lowest BCUT2D eigenvalue weighted by molar-refractivity contribution is -0.122. The molecule has 5 nitrogen and oxygen atoms in total. The minimum absolute atomic E-state index is 0.187. The van der Waals surface area contributed by atoms with Gasteiger partial charge in [-0.15, -0.1) is 0 Å². The van der Waals surface area contributed by atoms with E-state index >= 15 is 0 Å². The molecule has 0 aromatic heterocycles. The van der Waals surface area contributed by atoms with Gasteiger partial charge in [-0.25, -0.2) is 0 Å². The molecular formula is C23H30N2O3. The SMILES string of the molecule is CCCCNC(=O)c1ccccc1NC(=O)[C@@H](CC)Oc1ccc(C)cc1C. The van der Waals surface area contributed by atoms with E-state index in [4.69, 9.17) is 4.74 Å². The fourth-order valence-electron chi connectivity index (χ4n) is 2.88. The van der Waals surface area contributed by atoms with Gasteiger partial charge in [0.2, 0.25) is 0 Å². The molecule has 150 valence electrons. The van der Waals surface area contributed by atoms with Crippen LogP contribution in [0, 0.1) is 13.8 Å². The van der Waals surface area contributed by atoms with Crippen LogP contribution in [0.2, 0.25) is 0 Å². The van der Waals surface area contributed by atoms with E-state index in [9.17, 15) is 9.59 Å². The predicted molar refractivity (Wildman–Crippen MR) is 113 cm³/mol. The average Bonchev–Trinajstić information content (AvgIpc) is 2.68. The van der Waals surface area contributed by atoms with Crippen LogP contribution in [0.1, 0.15) is 54.6 Å². The van der Waals surface area contributed by atoms with Crippen molar-refractivity contribution in [1.82, 2.24) is 5.32 Å². The molecule has 0 spiro atoms. The van der Waals surface area contributed by atoms with Crippen LogP contribution >= 0.6 is 0 Å². The Labute approximate surface area is 167 Å². The summed E-state index contributed by atoms with van der Waals surface area (Å²) in [6.45, 7) is 8.56. The first-order valence-corrected chi connectivity index (χ1v) is 9.88. The zero-order chi connectivity index (χ0) is 20.5. The van der Waals surface area contributed by atoms with Gasteiger partial charge in [0.25, 0.3) is 11.8 Å². The maximum atomic E-state index is 12.8. The van der Waals surface area contributed by atoms with Crippen LogP contribution < -0.4 is 15.4 Å². The third-order valence-electron chi connectivity index (χ3n) is 4.51. The number of carbonyl (C=O) groups is 2. The molecule has 0 saturated heterocycles. The molecular weight excluding hydrogens is 352 g/mol. The first kappa shape index (κ1) is 21.5. The molecule has 2 amide bonds. The summed E-state index contributed by atoms with van der Waals surface area (Å²) in [7, 11) is 0. The number of benzene rings is 2. The van der Waals surface area contributed by atoms with Crippen LogP contribution in [0.3, 0.4) is 0 Å². The second kappa shape index (κ2) is 10.5. The van der Waals surface area contributed by atoms with Crippen molar-refractivity contribution in [3.8, 4) is 5.75 Å². The van der Waals surface area contributed by atoms with Gasteiger partial charge in [-0.3, -0.25) is 9.59 Å². The number of ether oxygens (including phenoxy) is 1. The van der Waals surface area contributed by atoms with Crippen molar-refractivity contribution < 1.29 is 14.3 Å². The molecule has 0 unspecified atom stereocenters. The maximum absolute atomic E-state index is 12.8. The largest absolute Gasteiger partial charge is 0.480 e. The Balaban J connectivity index is 2.11. The normalized spacial score (nSPS) is 11.6. The van der Waals surface area contributed by atoms with Crippen LogP contribution in [0.25, 0.3) is 0 Å². The van der Waals surface area contributed by atoms with Crippen molar-refractivity contribution in [1.29, 1.82) is 0 Å².